The highest BCUT2D eigenvalue weighted by atomic mass is 14.9. The van der Waals surface area contributed by atoms with Gasteiger partial charge in [0.25, 0.3) is 0 Å². The Morgan fingerprint density at radius 2 is 1.48 bits per heavy atom. The van der Waals surface area contributed by atoms with Gasteiger partial charge in [0, 0.05) is 25.4 Å². The molecule has 0 amide bonds. The Bertz CT molecular complexity index is 1060. The van der Waals surface area contributed by atoms with Crippen molar-refractivity contribution in [1.29, 1.82) is 0 Å². The topological polar surface area (TPSA) is 3.88 Å². The molecule has 1 nitrogen and oxygen atoms in total. The van der Waals surface area contributed by atoms with Crippen molar-refractivity contribution in [3.63, 3.8) is 0 Å². The molecule has 1 heteroatoms. The fraction of sp³-hybridized carbons (Fsp3) is 0.227. The summed E-state index contributed by atoms with van der Waals surface area (Å²) in [7, 11) is 1.83. The van der Waals surface area contributed by atoms with Crippen LogP contribution >= 0.6 is 0 Å². The van der Waals surface area contributed by atoms with Crippen molar-refractivity contribution in [2.75, 3.05) is 0 Å². The summed E-state index contributed by atoms with van der Waals surface area (Å²) >= 11 is 0. The lowest BCUT2D eigenvalue weighted by Crippen LogP contribution is -2.31. The molecule has 0 saturated carbocycles. The maximum atomic E-state index is 7.87. The summed E-state index contributed by atoms with van der Waals surface area (Å²) in [5.41, 5.74) is 5.64. The van der Waals surface area contributed by atoms with Gasteiger partial charge in [-0.05, 0) is 61.4 Å². The third-order valence-corrected chi connectivity index (χ3v) is 4.31. The minimum Gasteiger partial charge on any atom is -0.201 e. The Kier molecular flexibility index (Phi) is 2.52. The van der Waals surface area contributed by atoms with Crippen molar-refractivity contribution in [3.8, 4) is 22.4 Å². The number of hydrogen-bond acceptors (Lipinski definition) is 0. The van der Waals surface area contributed by atoms with E-state index in [1.54, 1.807) is 25.3 Å². The standard InChI is InChI=1S/C22H24N/c1-15-9-6-7-10-19(15)20-11-8-12-21(18(20)4)22-13-16(2)17(3)14-23(22)5/h6-14H,1-5H3/q+1/i1D3,3D3. The first-order valence-corrected chi connectivity index (χ1v) is 7.62. The van der Waals surface area contributed by atoms with Gasteiger partial charge < -0.3 is 0 Å². The van der Waals surface area contributed by atoms with E-state index in [9.17, 15) is 0 Å². The summed E-state index contributed by atoms with van der Waals surface area (Å²) in [6, 6.07) is 14.7. The first kappa shape index (κ1) is 9.67. The zero-order chi connectivity index (χ0) is 21.6. The maximum Gasteiger partial charge on any atom is 0.212 e. The van der Waals surface area contributed by atoms with E-state index >= 15 is 0 Å². The van der Waals surface area contributed by atoms with Crippen LogP contribution in [-0.4, -0.2) is 0 Å². The van der Waals surface area contributed by atoms with E-state index in [0.29, 0.717) is 22.3 Å². The largest absolute Gasteiger partial charge is 0.212 e. The lowest BCUT2D eigenvalue weighted by Gasteiger charge is -2.13. The second kappa shape index (κ2) is 6.00. The van der Waals surface area contributed by atoms with E-state index in [2.05, 4.69) is 0 Å². The number of aryl methyl sites for hydroxylation is 4. The summed E-state index contributed by atoms with van der Waals surface area (Å²) in [4.78, 5) is 0. The van der Waals surface area contributed by atoms with Crippen molar-refractivity contribution in [2.45, 2.75) is 27.6 Å². The van der Waals surface area contributed by atoms with Crippen molar-refractivity contribution in [3.05, 3.63) is 77.0 Å². The van der Waals surface area contributed by atoms with E-state index < -0.39 is 13.7 Å². The van der Waals surface area contributed by atoms with Crippen LogP contribution in [0.2, 0.25) is 0 Å². The zero-order valence-electron chi connectivity index (χ0n) is 19.6. The molecule has 0 atom stereocenters. The molecular weight excluding hydrogens is 278 g/mol. The lowest BCUT2D eigenvalue weighted by molar-refractivity contribution is -0.660. The van der Waals surface area contributed by atoms with Gasteiger partial charge in [-0.25, -0.2) is 4.57 Å². The van der Waals surface area contributed by atoms with Crippen LogP contribution in [0.5, 0.6) is 0 Å². The van der Waals surface area contributed by atoms with E-state index in [-0.39, 0.29) is 0 Å². The van der Waals surface area contributed by atoms with Gasteiger partial charge in [0.05, 0.1) is 0 Å². The van der Waals surface area contributed by atoms with Crippen LogP contribution in [0.25, 0.3) is 22.4 Å². The van der Waals surface area contributed by atoms with E-state index in [1.807, 2.05) is 54.9 Å². The van der Waals surface area contributed by atoms with E-state index in [0.717, 1.165) is 22.4 Å². The Morgan fingerprint density at radius 3 is 2.26 bits per heavy atom. The molecule has 2 aromatic carbocycles. The zero-order valence-corrected chi connectivity index (χ0v) is 13.6. The molecule has 0 aliphatic rings. The molecule has 0 bridgehead atoms. The first-order chi connectivity index (χ1) is 13.4. The molecule has 3 rings (SSSR count). The average molecular weight is 308 g/mol. The molecule has 3 aromatic rings. The number of rotatable bonds is 2. The molecule has 1 heterocycles. The second-order valence-corrected chi connectivity index (χ2v) is 5.89. The fourth-order valence-corrected chi connectivity index (χ4v) is 2.94. The van der Waals surface area contributed by atoms with Gasteiger partial charge in [0.1, 0.15) is 7.05 Å². The van der Waals surface area contributed by atoms with Gasteiger partial charge in [0.15, 0.2) is 6.20 Å². The van der Waals surface area contributed by atoms with E-state index in [1.165, 1.54) is 0 Å². The Balaban J connectivity index is 2.22. The van der Waals surface area contributed by atoms with Crippen molar-refractivity contribution >= 4 is 0 Å². The van der Waals surface area contributed by atoms with Crippen LogP contribution < -0.4 is 4.57 Å². The normalized spacial score (nSPS) is 15.8. The minimum atomic E-state index is -2.21. The van der Waals surface area contributed by atoms with Crippen molar-refractivity contribution in [1.82, 2.24) is 0 Å². The highest BCUT2D eigenvalue weighted by Gasteiger charge is 2.16. The van der Waals surface area contributed by atoms with Crippen LogP contribution in [0, 0.1) is 27.6 Å². The van der Waals surface area contributed by atoms with Gasteiger partial charge in [0.2, 0.25) is 5.69 Å². The molecule has 0 N–H and O–H groups in total. The highest BCUT2D eigenvalue weighted by Crippen LogP contribution is 2.32. The monoisotopic (exact) mass is 308 g/mol. The summed E-state index contributed by atoms with van der Waals surface area (Å²) in [6.07, 6.45) is 1.65. The predicted molar refractivity (Wildman–Crippen MR) is 97.4 cm³/mol. The Labute approximate surface area is 147 Å². The molecule has 23 heavy (non-hydrogen) atoms. The summed E-state index contributed by atoms with van der Waals surface area (Å²) < 4.78 is 48.6. The molecular formula is C22H24N+. The molecule has 0 fully saturated rings. The number of aromatic nitrogens is 1. The summed E-state index contributed by atoms with van der Waals surface area (Å²) in [5.74, 6) is 0. The molecule has 0 radical (unpaired) electrons. The van der Waals surface area contributed by atoms with Crippen LogP contribution in [0.1, 0.15) is 30.5 Å². The van der Waals surface area contributed by atoms with E-state index in [4.69, 9.17) is 8.22 Å². The minimum absolute atomic E-state index is 0.318. The van der Waals surface area contributed by atoms with Crippen molar-refractivity contribution < 1.29 is 12.8 Å². The van der Waals surface area contributed by atoms with Crippen LogP contribution in [0.15, 0.2) is 54.7 Å². The SMILES string of the molecule is [2H]C([2H])([2H])c1c[n+](C)c(-c2cccc(-c3ccccc3C([2H])([2H])[2H])c2C)cc1C. The van der Waals surface area contributed by atoms with Crippen LogP contribution in [0.4, 0.5) is 0 Å². The van der Waals surface area contributed by atoms with Gasteiger partial charge in [-0.15, -0.1) is 0 Å². The maximum absolute atomic E-state index is 7.87. The fourth-order valence-electron chi connectivity index (χ4n) is 2.94. The number of nitrogens with zero attached hydrogens (tertiary/aromatic N) is 1. The number of benzene rings is 2. The average Bonchev–Trinajstić information content (AvgIpc) is 2.62. The predicted octanol–water partition coefficient (Wildman–Crippen LogP) is 5.08. The van der Waals surface area contributed by atoms with Gasteiger partial charge in [-0.3, -0.25) is 0 Å². The molecule has 1 aromatic heterocycles. The third kappa shape index (κ3) is 2.79. The first-order valence-electron chi connectivity index (χ1n) is 10.6. The van der Waals surface area contributed by atoms with Gasteiger partial charge in [-0.2, -0.15) is 0 Å². The molecule has 116 valence electrons. The molecule has 0 aliphatic heterocycles. The van der Waals surface area contributed by atoms with Crippen LogP contribution in [-0.2, 0) is 7.05 Å². The van der Waals surface area contributed by atoms with Gasteiger partial charge >= 0.3 is 0 Å². The van der Waals surface area contributed by atoms with Crippen molar-refractivity contribution in [2.24, 2.45) is 7.05 Å². The number of hydrogen-bond donors (Lipinski definition) is 0. The molecule has 0 spiro atoms. The highest BCUT2D eigenvalue weighted by molar-refractivity contribution is 5.77. The number of pyridine rings is 1. The quantitative estimate of drug-likeness (QED) is 0.581. The Morgan fingerprint density at radius 1 is 0.783 bits per heavy atom. The summed E-state index contributed by atoms with van der Waals surface area (Å²) in [5, 5.41) is 0. The molecule has 0 aliphatic carbocycles. The molecule has 0 unspecified atom stereocenters. The summed E-state index contributed by atoms with van der Waals surface area (Å²) in [6.45, 7) is -0.611. The third-order valence-electron chi connectivity index (χ3n) is 4.31. The smallest absolute Gasteiger partial charge is 0.201 e. The lowest BCUT2D eigenvalue weighted by atomic mass is 9.92. The van der Waals surface area contributed by atoms with Gasteiger partial charge in [-0.1, -0.05) is 36.4 Å². The molecule has 0 saturated heterocycles. The van der Waals surface area contributed by atoms with Crippen LogP contribution in [0.3, 0.4) is 0 Å². The second-order valence-electron chi connectivity index (χ2n) is 5.89. The Hall–Kier alpha value is -2.41.